The molecule has 2 rings (SSSR count). The van der Waals surface area contributed by atoms with Crippen molar-refractivity contribution in [3.8, 4) is 5.69 Å². The zero-order valence-corrected chi connectivity index (χ0v) is 8.92. The standard InChI is InChI=1S/C10H9ClN2.ClH/c11-9-7-8(12)3-4-10(9)13-5-1-2-6-13;/h1-7H,12H2;1H. The van der Waals surface area contributed by atoms with Gasteiger partial charge in [0.25, 0.3) is 0 Å². The number of nitrogens with zero attached hydrogens (tertiary/aromatic N) is 1. The molecule has 0 bridgehead atoms. The van der Waals surface area contributed by atoms with Gasteiger partial charge in [0.05, 0.1) is 10.7 Å². The molecule has 0 saturated heterocycles. The van der Waals surface area contributed by atoms with E-state index in [1.54, 1.807) is 6.07 Å². The fourth-order valence-electron chi connectivity index (χ4n) is 1.23. The smallest absolute Gasteiger partial charge is 0.0666 e. The third-order valence-electron chi connectivity index (χ3n) is 1.85. The van der Waals surface area contributed by atoms with Crippen molar-refractivity contribution < 1.29 is 0 Å². The van der Waals surface area contributed by atoms with Gasteiger partial charge in [-0.3, -0.25) is 0 Å². The zero-order chi connectivity index (χ0) is 9.26. The molecule has 0 aliphatic rings. The van der Waals surface area contributed by atoms with Crippen LogP contribution in [-0.2, 0) is 0 Å². The van der Waals surface area contributed by atoms with Crippen LogP contribution in [-0.4, -0.2) is 4.57 Å². The lowest BCUT2D eigenvalue weighted by Crippen LogP contribution is -1.92. The van der Waals surface area contributed by atoms with Crippen LogP contribution < -0.4 is 5.73 Å². The van der Waals surface area contributed by atoms with Gasteiger partial charge in [-0.25, -0.2) is 0 Å². The Morgan fingerprint density at radius 2 is 1.79 bits per heavy atom. The molecule has 0 unspecified atom stereocenters. The molecule has 0 saturated carbocycles. The minimum absolute atomic E-state index is 0. The lowest BCUT2D eigenvalue weighted by Gasteiger charge is -2.05. The van der Waals surface area contributed by atoms with Crippen LogP contribution >= 0.6 is 24.0 Å². The molecule has 0 aliphatic heterocycles. The van der Waals surface area contributed by atoms with Crippen LogP contribution in [0.3, 0.4) is 0 Å². The normalized spacial score (nSPS) is 9.50. The Labute approximate surface area is 93.7 Å². The first-order valence-electron chi connectivity index (χ1n) is 3.96. The second kappa shape index (κ2) is 4.40. The highest BCUT2D eigenvalue weighted by molar-refractivity contribution is 6.32. The lowest BCUT2D eigenvalue weighted by atomic mass is 10.3. The average molecular weight is 229 g/mol. The van der Waals surface area contributed by atoms with E-state index in [0.717, 1.165) is 5.69 Å². The van der Waals surface area contributed by atoms with Crippen LogP contribution in [0.5, 0.6) is 0 Å². The van der Waals surface area contributed by atoms with Crippen molar-refractivity contribution in [2.45, 2.75) is 0 Å². The van der Waals surface area contributed by atoms with Crippen LogP contribution in [0.2, 0.25) is 5.02 Å². The summed E-state index contributed by atoms with van der Waals surface area (Å²) < 4.78 is 1.95. The van der Waals surface area contributed by atoms with Crippen LogP contribution in [0.25, 0.3) is 5.69 Å². The third kappa shape index (κ3) is 2.03. The molecule has 1 heterocycles. The number of halogens is 2. The summed E-state index contributed by atoms with van der Waals surface area (Å²) in [4.78, 5) is 0. The molecule has 0 amide bonds. The van der Waals surface area contributed by atoms with Crippen LogP contribution in [0.4, 0.5) is 5.69 Å². The molecule has 2 N–H and O–H groups in total. The van der Waals surface area contributed by atoms with E-state index in [4.69, 9.17) is 17.3 Å². The van der Waals surface area contributed by atoms with Gasteiger partial charge >= 0.3 is 0 Å². The molecule has 74 valence electrons. The molecular weight excluding hydrogens is 219 g/mol. The minimum Gasteiger partial charge on any atom is -0.399 e. The molecule has 0 atom stereocenters. The first-order chi connectivity index (χ1) is 6.27. The van der Waals surface area contributed by atoms with Crippen LogP contribution in [0.15, 0.2) is 42.7 Å². The van der Waals surface area contributed by atoms with Crippen molar-refractivity contribution in [1.82, 2.24) is 4.57 Å². The summed E-state index contributed by atoms with van der Waals surface area (Å²) in [6.45, 7) is 0. The number of aromatic nitrogens is 1. The predicted molar refractivity (Wildman–Crippen MR) is 62.4 cm³/mol. The highest BCUT2D eigenvalue weighted by atomic mass is 35.5. The maximum Gasteiger partial charge on any atom is 0.0666 e. The van der Waals surface area contributed by atoms with E-state index in [0.29, 0.717) is 10.7 Å². The first kappa shape index (κ1) is 11.0. The zero-order valence-electron chi connectivity index (χ0n) is 7.35. The molecule has 0 radical (unpaired) electrons. The van der Waals surface area contributed by atoms with E-state index in [9.17, 15) is 0 Å². The monoisotopic (exact) mass is 228 g/mol. The Kier molecular flexibility index (Phi) is 3.44. The fourth-order valence-corrected chi connectivity index (χ4v) is 1.51. The number of anilines is 1. The molecule has 0 fully saturated rings. The quantitative estimate of drug-likeness (QED) is 0.748. The Hall–Kier alpha value is -1.12. The fraction of sp³-hybridized carbons (Fsp3) is 0. The highest BCUT2D eigenvalue weighted by Crippen LogP contribution is 2.22. The Morgan fingerprint density at radius 3 is 2.36 bits per heavy atom. The van der Waals surface area contributed by atoms with Gasteiger partial charge in [-0.2, -0.15) is 0 Å². The number of nitrogen functional groups attached to an aromatic ring is 1. The van der Waals surface area contributed by atoms with E-state index in [1.165, 1.54) is 0 Å². The summed E-state index contributed by atoms with van der Waals surface area (Å²) in [6, 6.07) is 9.38. The van der Waals surface area contributed by atoms with E-state index in [1.807, 2.05) is 41.2 Å². The second-order valence-corrected chi connectivity index (χ2v) is 3.21. The molecule has 0 spiro atoms. The SMILES string of the molecule is Cl.Nc1ccc(-n2cccc2)c(Cl)c1. The molecule has 0 aliphatic carbocycles. The largest absolute Gasteiger partial charge is 0.399 e. The van der Waals surface area contributed by atoms with Crippen LogP contribution in [0, 0.1) is 0 Å². The van der Waals surface area contributed by atoms with Gasteiger partial charge in [-0.15, -0.1) is 12.4 Å². The molecular formula is C10H10Cl2N2. The number of hydrogen-bond acceptors (Lipinski definition) is 1. The maximum absolute atomic E-state index is 6.02. The molecule has 1 aromatic heterocycles. The average Bonchev–Trinajstić information content (AvgIpc) is 2.56. The Bertz CT molecular complexity index is 410. The Balaban J connectivity index is 0.000000980. The summed E-state index contributed by atoms with van der Waals surface area (Å²) in [5.41, 5.74) is 7.21. The van der Waals surface area contributed by atoms with Gasteiger partial charge in [0.15, 0.2) is 0 Å². The van der Waals surface area contributed by atoms with Gasteiger partial charge < -0.3 is 10.3 Å². The van der Waals surface area contributed by atoms with Gasteiger partial charge in [0.1, 0.15) is 0 Å². The van der Waals surface area contributed by atoms with Crippen molar-refractivity contribution >= 4 is 29.7 Å². The molecule has 2 nitrogen and oxygen atoms in total. The Morgan fingerprint density at radius 1 is 1.14 bits per heavy atom. The number of rotatable bonds is 1. The van der Waals surface area contributed by atoms with E-state index in [-0.39, 0.29) is 12.4 Å². The summed E-state index contributed by atoms with van der Waals surface area (Å²) in [5.74, 6) is 0. The number of benzene rings is 1. The molecule has 2 aromatic rings. The summed E-state index contributed by atoms with van der Waals surface area (Å²) in [7, 11) is 0. The molecule has 1 aromatic carbocycles. The van der Waals surface area contributed by atoms with Gasteiger partial charge in [-0.05, 0) is 30.3 Å². The van der Waals surface area contributed by atoms with Gasteiger partial charge in [0.2, 0.25) is 0 Å². The van der Waals surface area contributed by atoms with Crippen molar-refractivity contribution in [2.75, 3.05) is 5.73 Å². The lowest BCUT2D eigenvalue weighted by molar-refractivity contribution is 1.08. The van der Waals surface area contributed by atoms with Crippen molar-refractivity contribution in [2.24, 2.45) is 0 Å². The van der Waals surface area contributed by atoms with Crippen LogP contribution in [0.1, 0.15) is 0 Å². The third-order valence-corrected chi connectivity index (χ3v) is 2.16. The minimum atomic E-state index is 0. The van der Waals surface area contributed by atoms with Gasteiger partial charge in [0, 0.05) is 18.1 Å². The van der Waals surface area contributed by atoms with Crippen molar-refractivity contribution in [1.29, 1.82) is 0 Å². The first-order valence-corrected chi connectivity index (χ1v) is 4.33. The van der Waals surface area contributed by atoms with Gasteiger partial charge in [-0.1, -0.05) is 11.6 Å². The van der Waals surface area contributed by atoms with Crippen molar-refractivity contribution in [3.05, 3.63) is 47.7 Å². The second-order valence-electron chi connectivity index (χ2n) is 2.80. The van der Waals surface area contributed by atoms with E-state index in [2.05, 4.69) is 0 Å². The summed E-state index contributed by atoms with van der Waals surface area (Å²) in [5, 5.41) is 0.663. The van der Waals surface area contributed by atoms with Crippen molar-refractivity contribution in [3.63, 3.8) is 0 Å². The summed E-state index contributed by atoms with van der Waals surface area (Å²) >= 11 is 6.02. The number of nitrogens with two attached hydrogens (primary N) is 1. The van der Waals surface area contributed by atoms with E-state index >= 15 is 0 Å². The molecule has 14 heavy (non-hydrogen) atoms. The molecule has 4 heteroatoms. The number of hydrogen-bond donors (Lipinski definition) is 1. The topological polar surface area (TPSA) is 30.9 Å². The maximum atomic E-state index is 6.02. The predicted octanol–water partition coefficient (Wildman–Crippen LogP) is 3.13. The van der Waals surface area contributed by atoms with E-state index < -0.39 is 0 Å². The summed E-state index contributed by atoms with van der Waals surface area (Å²) in [6.07, 6.45) is 3.88. The highest BCUT2D eigenvalue weighted by Gasteiger charge is 2.00.